The van der Waals surface area contributed by atoms with E-state index in [0.29, 0.717) is 30.0 Å². The highest BCUT2D eigenvalue weighted by atomic mass is 32.2. The number of hydrogen-bond acceptors (Lipinski definition) is 5. The van der Waals surface area contributed by atoms with Crippen LogP contribution in [0.3, 0.4) is 0 Å². The zero-order valence-electron chi connectivity index (χ0n) is 19.0. The minimum absolute atomic E-state index is 0.0317. The first-order valence-corrected chi connectivity index (χ1v) is 12.3. The minimum Gasteiger partial charge on any atom is -0.383 e. The maximum atomic E-state index is 13.2. The van der Waals surface area contributed by atoms with Crippen LogP contribution in [0.4, 0.5) is 0 Å². The quantitative estimate of drug-likeness (QED) is 0.402. The Morgan fingerprint density at radius 3 is 2.48 bits per heavy atom. The summed E-state index contributed by atoms with van der Waals surface area (Å²) in [5.74, 6) is -0.316. The fourth-order valence-electron chi connectivity index (χ4n) is 3.48. The third-order valence-corrected chi connectivity index (χ3v) is 6.79. The van der Waals surface area contributed by atoms with Crippen LogP contribution in [-0.2, 0) is 33.4 Å². The molecule has 33 heavy (non-hydrogen) atoms. The highest BCUT2D eigenvalue weighted by molar-refractivity contribution is 7.90. The topological polar surface area (TPSA) is 81.5 Å². The molecule has 0 spiro atoms. The van der Waals surface area contributed by atoms with Gasteiger partial charge in [0.25, 0.3) is 5.91 Å². The fraction of sp³-hybridized carbons (Fsp3) is 0.280. The molecule has 7 nitrogen and oxygen atoms in total. The highest BCUT2D eigenvalue weighted by Gasteiger charge is 2.25. The van der Waals surface area contributed by atoms with Gasteiger partial charge in [-0.05, 0) is 24.6 Å². The van der Waals surface area contributed by atoms with E-state index in [9.17, 15) is 13.2 Å². The number of aryl methyl sites for hydroxylation is 1. The van der Waals surface area contributed by atoms with Gasteiger partial charge >= 0.3 is 0 Å². The van der Waals surface area contributed by atoms with E-state index < -0.39 is 9.84 Å². The molecule has 0 saturated carbocycles. The lowest BCUT2D eigenvalue weighted by atomic mass is 10.1. The van der Waals surface area contributed by atoms with Gasteiger partial charge in [0.05, 0.1) is 30.8 Å². The summed E-state index contributed by atoms with van der Waals surface area (Å²) in [4.78, 5) is 19.1. The molecule has 0 radical (unpaired) electrons. The Bertz CT molecular complexity index is 1190. The number of rotatable bonds is 11. The van der Waals surface area contributed by atoms with E-state index in [0.717, 1.165) is 5.56 Å². The van der Waals surface area contributed by atoms with Crippen molar-refractivity contribution in [2.45, 2.75) is 30.9 Å². The molecule has 0 saturated heterocycles. The van der Waals surface area contributed by atoms with E-state index >= 15 is 0 Å². The number of carbonyl (C=O) groups excluding carboxylic acids is 1. The van der Waals surface area contributed by atoms with Crippen LogP contribution in [0, 0.1) is 6.92 Å². The van der Waals surface area contributed by atoms with Gasteiger partial charge in [0.2, 0.25) is 15.0 Å². The molecule has 0 fully saturated rings. The molecule has 0 bridgehead atoms. The van der Waals surface area contributed by atoms with Gasteiger partial charge in [-0.3, -0.25) is 4.79 Å². The van der Waals surface area contributed by atoms with Crippen LogP contribution in [0.15, 0.2) is 78.6 Å². The molecule has 8 heteroatoms. The first-order chi connectivity index (χ1) is 15.9. The van der Waals surface area contributed by atoms with Crippen molar-refractivity contribution in [2.75, 3.05) is 20.3 Å². The Morgan fingerprint density at radius 2 is 1.85 bits per heavy atom. The number of carbonyl (C=O) groups is 1. The number of nitrogens with zero attached hydrogens (tertiary/aromatic N) is 3. The van der Waals surface area contributed by atoms with Crippen LogP contribution in [0.1, 0.15) is 27.2 Å². The maximum Gasteiger partial charge on any atom is 0.254 e. The Hall–Kier alpha value is -3.23. The SMILES string of the molecule is C=CCn1c(CN(CCOC)C(=O)c2ccc(C)cc2)cnc1S(=O)(=O)Cc1ccccc1. The molecule has 1 aromatic heterocycles. The van der Waals surface area contributed by atoms with Crippen molar-refractivity contribution in [3.63, 3.8) is 0 Å². The number of allylic oxidation sites excluding steroid dienone is 1. The molecule has 1 amide bonds. The fourth-order valence-corrected chi connectivity index (χ4v) is 4.98. The maximum absolute atomic E-state index is 13.2. The summed E-state index contributed by atoms with van der Waals surface area (Å²) < 4.78 is 33.1. The van der Waals surface area contributed by atoms with Gasteiger partial charge in [-0.2, -0.15) is 0 Å². The van der Waals surface area contributed by atoms with Crippen LogP contribution in [0.2, 0.25) is 0 Å². The van der Waals surface area contributed by atoms with E-state index in [-0.39, 0.29) is 29.9 Å². The van der Waals surface area contributed by atoms with Crippen molar-refractivity contribution >= 4 is 15.7 Å². The van der Waals surface area contributed by atoms with E-state index in [1.165, 1.54) is 6.20 Å². The van der Waals surface area contributed by atoms with Gasteiger partial charge in [0.1, 0.15) is 0 Å². The monoisotopic (exact) mass is 467 g/mol. The van der Waals surface area contributed by atoms with Gasteiger partial charge in [-0.15, -0.1) is 6.58 Å². The van der Waals surface area contributed by atoms with Crippen LogP contribution in [0.5, 0.6) is 0 Å². The van der Waals surface area contributed by atoms with E-state index in [1.807, 2.05) is 25.1 Å². The number of benzene rings is 2. The zero-order valence-corrected chi connectivity index (χ0v) is 19.8. The number of sulfone groups is 1. The van der Waals surface area contributed by atoms with Gasteiger partial charge in [-0.1, -0.05) is 54.1 Å². The predicted octanol–water partition coefficient (Wildman–Crippen LogP) is 3.64. The standard InChI is InChI=1S/C25H29N3O4S/c1-4-14-28-23(17-26-25(28)33(30,31)19-21-8-6-5-7-9-21)18-27(15-16-32-3)24(29)22-12-10-20(2)11-13-22/h4-13,17H,1,14-16,18-19H2,2-3H3. The average Bonchev–Trinajstić information content (AvgIpc) is 3.20. The summed E-state index contributed by atoms with van der Waals surface area (Å²) in [5.41, 5.74) is 2.91. The molecule has 2 aromatic carbocycles. The molecule has 0 aliphatic heterocycles. The van der Waals surface area contributed by atoms with E-state index in [2.05, 4.69) is 11.6 Å². The van der Waals surface area contributed by atoms with Crippen LogP contribution < -0.4 is 0 Å². The number of aromatic nitrogens is 2. The van der Waals surface area contributed by atoms with Crippen molar-refractivity contribution in [1.82, 2.24) is 14.5 Å². The highest BCUT2D eigenvalue weighted by Crippen LogP contribution is 2.20. The summed E-state index contributed by atoms with van der Waals surface area (Å²) in [6, 6.07) is 16.3. The van der Waals surface area contributed by atoms with Crippen molar-refractivity contribution in [2.24, 2.45) is 0 Å². The summed E-state index contributed by atoms with van der Waals surface area (Å²) in [5, 5.41) is -0.0317. The summed E-state index contributed by atoms with van der Waals surface area (Å²) >= 11 is 0. The minimum atomic E-state index is -3.70. The zero-order chi connectivity index (χ0) is 23.8. The molecule has 0 unspecified atom stereocenters. The average molecular weight is 468 g/mol. The molecule has 3 rings (SSSR count). The molecule has 0 atom stereocenters. The summed E-state index contributed by atoms with van der Waals surface area (Å²) in [6.45, 7) is 6.88. The van der Waals surface area contributed by atoms with Crippen LogP contribution in [-0.4, -0.2) is 49.0 Å². The lowest BCUT2D eigenvalue weighted by Crippen LogP contribution is -2.34. The largest absolute Gasteiger partial charge is 0.383 e. The van der Waals surface area contributed by atoms with E-state index in [1.54, 1.807) is 59.1 Å². The lowest BCUT2D eigenvalue weighted by molar-refractivity contribution is 0.0675. The Balaban J connectivity index is 1.91. The second kappa shape index (κ2) is 11.1. The third-order valence-electron chi connectivity index (χ3n) is 5.19. The van der Waals surface area contributed by atoms with Crippen molar-refractivity contribution in [3.05, 3.63) is 95.8 Å². The molecule has 174 valence electrons. The van der Waals surface area contributed by atoms with Crippen molar-refractivity contribution in [3.8, 4) is 0 Å². The summed E-state index contributed by atoms with van der Waals surface area (Å²) in [6.07, 6.45) is 3.14. The summed E-state index contributed by atoms with van der Waals surface area (Å²) in [7, 11) is -2.13. The predicted molar refractivity (Wildman–Crippen MR) is 128 cm³/mol. The second-order valence-corrected chi connectivity index (χ2v) is 9.64. The molecular formula is C25H29N3O4S. The molecular weight excluding hydrogens is 438 g/mol. The number of methoxy groups -OCH3 is 1. The van der Waals surface area contributed by atoms with E-state index in [4.69, 9.17) is 4.74 Å². The third kappa shape index (κ3) is 6.18. The molecule has 3 aromatic rings. The molecule has 0 N–H and O–H groups in total. The van der Waals surface area contributed by atoms with Gasteiger partial charge in [0.15, 0.2) is 0 Å². The molecule has 0 aliphatic rings. The first kappa shape index (κ1) is 24.4. The lowest BCUT2D eigenvalue weighted by Gasteiger charge is -2.23. The normalized spacial score (nSPS) is 11.3. The smallest absolute Gasteiger partial charge is 0.254 e. The molecule has 0 aliphatic carbocycles. The van der Waals surface area contributed by atoms with Crippen LogP contribution >= 0.6 is 0 Å². The van der Waals surface area contributed by atoms with Crippen LogP contribution in [0.25, 0.3) is 0 Å². The second-order valence-electron chi connectivity index (χ2n) is 7.76. The Morgan fingerprint density at radius 1 is 1.15 bits per heavy atom. The molecule has 1 heterocycles. The van der Waals surface area contributed by atoms with Gasteiger partial charge < -0.3 is 14.2 Å². The number of hydrogen-bond donors (Lipinski definition) is 0. The number of imidazole rings is 1. The number of amides is 1. The first-order valence-electron chi connectivity index (χ1n) is 10.6. The Labute approximate surface area is 195 Å². The van der Waals surface area contributed by atoms with Gasteiger partial charge in [-0.25, -0.2) is 13.4 Å². The van der Waals surface area contributed by atoms with Crippen molar-refractivity contribution in [1.29, 1.82) is 0 Å². The Kier molecular flexibility index (Phi) is 8.19. The number of ether oxygens (including phenoxy) is 1. The van der Waals surface area contributed by atoms with Crippen molar-refractivity contribution < 1.29 is 17.9 Å². The van der Waals surface area contributed by atoms with Gasteiger partial charge in [0, 0.05) is 25.8 Å².